The monoisotopic (exact) mass is 338 g/mol. The minimum atomic E-state index is -0.386. The molecule has 2 heterocycles. The fourth-order valence-corrected chi connectivity index (χ4v) is 2.81. The summed E-state index contributed by atoms with van der Waals surface area (Å²) in [7, 11) is 0. The number of benzene rings is 1. The van der Waals surface area contributed by atoms with Crippen LogP contribution in [0.1, 0.15) is 35.9 Å². The smallest absolute Gasteiger partial charge is 0.276 e. The van der Waals surface area contributed by atoms with E-state index in [1.54, 1.807) is 4.57 Å². The van der Waals surface area contributed by atoms with Crippen LogP contribution >= 0.6 is 0 Å². The summed E-state index contributed by atoms with van der Waals surface area (Å²) < 4.78 is 2.82. The summed E-state index contributed by atoms with van der Waals surface area (Å²) in [6, 6.07) is 7.81. The molecule has 0 bridgehead atoms. The Morgan fingerprint density at radius 1 is 0.920 bits per heavy atom. The van der Waals surface area contributed by atoms with Crippen molar-refractivity contribution in [2.45, 2.75) is 47.2 Å². The first-order valence-electron chi connectivity index (χ1n) is 8.46. The quantitative estimate of drug-likeness (QED) is 0.732. The average Bonchev–Trinajstić information content (AvgIpc) is 2.59. The molecule has 0 aliphatic heterocycles. The Morgan fingerprint density at radius 2 is 1.56 bits per heavy atom. The number of aryl methyl sites for hydroxylation is 4. The maximum absolute atomic E-state index is 12.9. The SMILES string of the molecule is CCCn1c(=O)n(Cc2ccc(C)cc2)c(=O)c2nc(C)c(C)nc21. The van der Waals surface area contributed by atoms with Gasteiger partial charge in [0, 0.05) is 6.54 Å². The summed E-state index contributed by atoms with van der Waals surface area (Å²) in [5, 5.41) is 0. The van der Waals surface area contributed by atoms with E-state index in [0.29, 0.717) is 17.9 Å². The van der Waals surface area contributed by atoms with Crippen LogP contribution in [0.15, 0.2) is 33.9 Å². The highest BCUT2D eigenvalue weighted by molar-refractivity contribution is 5.69. The molecule has 0 atom stereocenters. The molecule has 3 aromatic rings. The molecule has 1 aromatic carbocycles. The van der Waals surface area contributed by atoms with Gasteiger partial charge in [-0.2, -0.15) is 0 Å². The molecular formula is C19H22N4O2. The van der Waals surface area contributed by atoms with Crippen molar-refractivity contribution < 1.29 is 0 Å². The van der Waals surface area contributed by atoms with Gasteiger partial charge in [0.15, 0.2) is 11.2 Å². The molecule has 6 heteroatoms. The molecule has 0 aliphatic carbocycles. The number of rotatable bonds is 4. The van der Waals surface area contributed by atoms with E-state index in [9.17, 15) is 9.59 Å². The zero-order valence-corrected chi connectivity index (χ0v) is 15.0. The molecule has 25 heavy (non-hydrogen) atoms. The third kappa shape index (κ3) is 3.12. The van der Waals surface area contributed by atoms with Gasteiger partial charge in [0.25, 0.3) is 5.56 Å². The standard InChI is InChI=1S/C19H22N4O2/c1-5-10-22-17-16(20-13(3)14(4)21-17)18(24)23(19(22)25)11-15-8-6-12(2)7-9-15/h6-9H,5,10-11H2,1-4H3. The molecule has 0 saturated carbocycles. The summed E-state index contributed by atoms with van der Waals surface area (Å²) in [5.41, 5.74) is 3.38. The maximum atomic E-state index is 12.9. The first-order chi connectivity index (χ1) is 11.9. The van der Waals surface area contributed by atoms with Crippen LogP contribution in [-0.2, 0) is 13.1 Å². The molecule has 0 spiro atoms. The van der Waals surface area contributed by atoms with Crippen LogP contribution in [0.4, 0.5) is 0 Å². The average molecular weight is 338 g/mol. The van der Waals surface area contributed by atoms with Crippen LogP contribution in [0, 0.1) is 20.8 Å². The highest BCUT2D eigenvalue weighted by Crippen LogP contribution is 2.09. The van der Waals surface area contributed by atoms with Crippen molar-refractivity contribution in [3.8, 4) is 0 Å². The highest BCUT2D eigenvalue weighted by atomic mass is 16.2. The number of nitrogens with zero attached hydrogens (tertiary/aromatic N) is 4. The van der Waals surface area contributed by atoms with Gasteiger partial charge in [-0.15, -0.1) is 0 Å². The summed E-state index contributed by atoms with van der Waals surface area (Å²) in [6.07, 6.45) is 0.770. The number of fused-ring (bicyclic) bond motifs is 1. The van der Waals surface area contributed by atoms with Crippen molar-refractivity contribution in [1.82, 2.24) is 19.1 Å². The van der Waals surface area contributed by atoms with E-state index in [1.807, 2.05) is 52.0 Å². The summed E-state index contributed by atoms with van der Waals surface area (Å²) in [5.74, 6) is 0. The van der Waals surface area contributed by atoms with Crippen LogP contribution in [0.25, 0.3) is 11.2 Å². The van der Waals surface area contributed by atoms with Crippen LogP contribution in [-0.4, -0.2) is 19.1 Å². The molecule has 3 rings (SSSR count). The topological polar surface area (TPSA) is 69.8 Å². The van der Waals surface area contributed by atoms with E-state index in [1.165, 1.54) is 4.57 Å². The van der Waals surface area contributed by atoms with Gasteiger partial charge in [0.05, 0.1) is 17.9 Å². The van der Waals surface area contributed by atoms with Gasteiger partial charge in [-0.3, -0.25) is 13.9 Å². The van der Waals surface area contributed by atoms with Gasteiger partial charge in [0.2, 0.25) is 0 Å². The van der Waals surface area contributed by atoms with Crippen LogP contribution in [0.5, 0.6) is 0 Å². The lowest BCUT2D eigenvalue weighted by Gasteiger charge is -2.13. The molecule has 2 aromatic heterocycles. The van der Waals surface area contributed by atoms with Crippen molar-refractivity contribution in [3.63, 3.8) is 0 Å². The second-order valence-corrected chi connectivity index (χ2v) is 6.38. The molecule has 0 unspecified atom stereocenters. The second-order valence-electron chi connectivity index (χ2n) is 6.38. The van der Waals surface area contributed by atoms with Crippen molar-refractivity contribution in [3.05, 3.63) is 67.6 Å². The molecule has 0 aliphatic rings. The Balaban J connectivity index is 2.28. The van der Waals surface area contributed by atoms with Gasteiger partial charge in [-0.05, 0) is 32.8 Å². The fourth-order valence-electron chi connectivity index (χ4n) is 2.81. The minimum absolute atomic E-state index is 0.228. The molecule has 0 radical (unpaired) electrons. The largest absolute Gasteiger partial charge is 0.333 e. The van der Waals surface area contributed by atoms with Crippen LogP contribution < -0.4 is 11.2 Å². The van der Waals surface area contributed by atoms with E-state index in [2.05, 4.69) is 9.97 Å². The van der Waals surface area contributed by atoms with Gasteiger partial charge in [-0.1, -0.05) is 36.8 Å². The van der Waals surface area contributed by atoms with E-state index >= 15 is 0 Å². The van der Waals surface area contributed by atoms with E-state index in [-0.39, 0.29) is 23.3 Å². The molecule has 6 nitrogen and oxygen atoms in total. The normalized spacial score (nSPS) is 11.2. The fraction of sp³-hybridized carbons (Fsp3) is 0.368. The van der Waals surface area contributed by atoms with Crippen molar-refractivity contribution in [2.24, 2.45) is 0 Å². The van der Waals surface area contributed by atoms with E-state index in [4.69, 9.17) is 0 Å². The molecule has 0 fully saturated rings. The zero-order valence-electron chi connectivity index (χ0n) is 15.0. The third-order valence-corrected chi connectivity index (χ3v) is 4.36. The molecule has 0 saturated heterocycles. The van der Waals surface area contributed by atoms with Gasteiger partial charge < -0.3 is 0 Å². The zero-order chi connectivity index (χ0) is 18.1. The Kier molecular flexibility index (Phi) is 4.53. The summed E-state index contributed by atoms with van der Waals surface area (Å²) in [4.78, 5) is 34.7. The van der Waals surface area contributed by atoms with Crippen LogP contribution in [0.3, 0.4) is 0 Å². The highest BCUT2D eigenvalue weighted by Gasteiger charge is 2.16. The lowest BCUT2D eigenvalue weighted by atomic mass is 10.1. The van der Waals surface area contributed by atoms with Crippen molar-refractivity contribution in [1.29, 1.82) is 0 Å². The number of hydrogen-bond acceptors (Lipinski definition) is 4. The lowest BCUT2D eigenvalue weighted by Crippen LogP contribution is -2.41. The van der Waals surface area contributed by atoms with Crippen molar-refractivity contribution >= 4 is 11.2 Å². The van der Waals surface area contributed by atoms with Gasteiger partial charge in [0.1, 0.15) is 0 Å². The minimum Gasteiger partial charge on any atom is -0.276 e. The second kappa shape index (κ2) is 6.63. The summed E-state index contributed by atoms with van der Waals surface area (Å²) >= 11 is 0. The Bertz CT molecular complexity index is 1050. The predicted molar refractivity (Wildman–Crippen MR) is 98.1 cm³/mol. The van der Waals surface area contributed by atoms with Gasteiger partial charge in [-0.25, -0.2) is 14.8 Å². The summed E-state index contributed by atoms with van der Waals surface area (Å²) in [6.45, 7) is 8.37. The Hall–Kier alpha value is -2.76. The molecular weight excluding hydrogens is 316 g/mol. The van der Waals surface area contributed by atoms with E-state index < -0.39 is 0 Å². The third-order valence-electron chi connectivity index (χ3n) is 4.36. The van der Waals surface area contributed by atoms with Crippen LogP contribution in [0.2, 0.25) is 0 Å². The first kappa shape index (κ1) is 17.1. The molecule has 0 amide bonds. The maximum Gasteiger partial charge on any atom is 0.333 e. The Morgan fingerprint density at radius 3 is 2.20 bits per heavy atom. The van der Waals surface area contributed by atoms with Crippen molar-refractivity contribution in [2.75, 3.05) is 0 Å². The lowest BCUT2D eigenvalue weighted by molar-refractivity contribution is 0.586. The Labute approximate surface area is 145 Å². The predicted octanol–water partition coefficient (Wildman–Crippen LogP) is 2.34. The first-order valence-corrected chi connectivity index (χ1v) is 8.46. The number of hydrogen-bond donors (Lipinski definition) is 0. The van der Waals surface area contributed by atoms with E-state index in [0.717, 1.165) is 23.2 Å². The number of aromatic nitrogens is 4. The molecule has 0 N–H and O–H groups in total. The van der Waals surface area contributed by atoms with Gasteiger partial charge >= 0.3 is 5.69 Å². The molecule has 130 valence electrons.